The molecule has 7 fully saturated rings. The van der Waals surface area contributed by atoms with Crippen molar-refractivity contribution in [2.45, 2.75) is 64.2 Å². The van der Waals surface area contributed by atoms with E-state index in [2.05, 4.69) is 15.1 Å². The van der Waals surface area contributed by atoms with Crippen molar-refractivity contribution >= 4 is 24.2 Å². The zero-order valence-electron chi connectivity index (χ0n) is 18.2. The Bertz CT molecular complexity index is 669. The molecule has 2 atom stereocenters. The van der Waals surface area contributed by atoms with E-state index in [4.69, 9.17) is 0 Å². The van der Waals surface area contributed by atoms with Crippen molar-refractivity contribution in [1.29, 1.82) is 0 Å². The van der Waals surface area contributed by atoms with Crippen molar-refractivity contribution in [2.24, 2.45) is 34.5 Å². The van der Waals surface area contributed by atoms with Crippen LogP contribution in [0.3, 0.4) is 0 Å². The van der Waals surface area contributed by atoms with Gasteiger partial charge >= 0.3 is 0 Å². The fourth-order valence-corrected chi connectivity index (χ4v) is 8.80. The van der Waals surface area contributed by atoms with Gasteiger partial charge in [0, 0.05) is 32.7 Å². The summed E-state index contributed by atoms with van der Waals surface area (Å²) in [5, 5.41) is 3.51. The molecule has 1 N–H and O–H groups in total. The number of halogens is 1. The Morgan fingerprint density at radius 1 is 0.800 bits per heavy atom. The summed E-state index contributed by atoms with van der Waals surface area (Å²) >= 11 is 0. The van der Waals surface area contributed by atoms with Crippen molar-refractivity contribution < 1.29 is 9.59 Å². The van der Waals surface area contributed by atoms with Gasteiger partial charge < -0.3 is 15.1 Å². The van der Waals surface area contributed by atoms with E-state index < -0.39 is 0 Å². The summed E-state index contributed by atoms with van der Waals surface area (Å²) in [6, 6.07) is 0. The van der Waals surface area contributed by atoms with Crippen molar-refractivity contribution in [3.63, 3.8) is 0 Å². The minimum atomic E-state index is -0.148. The van der Waals surface area contributed by atoms with Crippen LogP contribution in [-0.2, 0) is 9.59 Å². The first kappa shape index (κ1) is 21.1. The van der Waals surface area contributed by atoms with E-state index in [-0.39, 0.29) is 23.2 Å². The maximum atomic E-state index is 13.6. The van der Waals surface area contributed by atoms with Crippen LogP contribution >= 0.6 is 12.4 Å². The summed E-state index contributed by atoms with van der Waals surface area (Å²) in [4.78, 5) is 31.4. The molecule has 2 aliphatic heterocycles. The number of carbonyl (C=O) groups is 2. The Labute approximate surface area is 187 Å². The van der Waals surface area contributed by atoms with E-state index in [9.17, 15) is 9.59 Å². The number of nitrogens with one attached hydrogen (secondary N) is 1. The van der Waals surface area contributed by atoms with Crippen LogP contribution in [0.25, 0.3) is 0 Å². The molecule has 0 radical (unpaired) electrons. The van der Waals surface area contributed by atoms with Crippen LogP contribution in [0.5, 0.6) is 0 Å². The minimum absolute atomic E-state index is 0. The monoisotopic (exact) mass is 435 g/mol. The maximum absolute atomic E-state index is 13.6. The molecular formula is C24H38ClN3O2. The molecule has 5 saturated carbocycles. The number of carbonyl (C=O) groups excluding carboxylic acids is 2. The first-order valence-corrected chi connectivity index (χ1v) is 12.4. The Morgan fingerprint density at radius 2 is 1.37 bits per heavy atom. The third-order valence-corrected chi connectivity index (χ3v) is 9.81. The van der Waals surface area contributed by atoms with E-state index in [1.807, 2.05) is 0 Å². The molecule has 2 amide bonds. The van der Waals surface area contributed by atoms with Gasteiger partial charge in [-0.1, -0.05) is 12.8 Å². The number of amides is 2. The van der Waals surface area contributed by atoms with Crippen LogP contribution in [0, 0.1) is 34.5 Å². The predicted molar refractivity (Wildman–Crippen MR) is 118 cm³/mol. The molecule has 5 nitrogen and oxygen atoms in total. The van der Waals surface area contributed by atoms with Gasteiger partial charge in [0.1, 0.15) is 0 Å². The molecule has 0 aromatic carbocycles. The van der Waals surface area contributed by atoms with Gasteiger partial charge in [-0.25, -0.2) is 0 Å². The second kappa shape index (κ2) is 7.65. The maximum Gasteiger partial charge on any atom is 0.230 e. The third kappa shape index (κ3) is 3.13. The smallest absolute Gasteiger partial charge is 0.230 e. The summed E-state index contributed by atoms with van der Waals surface area (Å²) in [6.07, 6.45) is 12.3. The van der Waals surface area contributed by atoms with Gasteiger partial charge in [-0.2, -0.15) is 0 Å². The highest BCUT2D eigenvalue weighted by Gasteiger charge is 2.56. The zero-order valence-corrected chi connectivity index (χ0v) is 19.1. The van der Waals surface area contributed by atoms with Gasteiger partial charge in [-0.15, -0.1) is 12.4 Å². The number of piperazine rings is 1. The molecule has 168 valence electrons. The molecule has 0 spiro atoms. The van der Waals surface area contributed by atoms with Gasteiger partial charge in [0.25, 0.3) is 0 Å². The number of hydrogen-bond donors (Lipinski definition) is 1. The molecule has 5 aliphatic carbocycles. The Hall–Kier alpha value is -0.810. The first-order valence-electron chi connectivity index (χ1n) is 12.4. The lowest BCUT2D eigenvalue weighted by Crippen LogP contribution is -2.60. The summed E-state index contributed by atoms with van der Waals surface area (Å²) < 4.78 is 0. The lowest BCUT2D eigenvalue weighted by molar-refractivity contribution is -0.162. The average Bonchev–Trinajstić information content (AvgIpc) is 3.17. The van der Waals surface area contributed by atoms with Crippen molar-refractivity contribution in [3.05, 3.63) is 0 Å². The van der Waals surface area contributed by atoms with Gasteiger partial charge in [0.2, 0.25) is 11.8 Å². The van der Waals surface area contributed by atoms with Gasteiger partial charge in [0.05, 0.1) is 10.8 Å². The fraction of sp³-hybridized carbons (Fsp3) is 0.917. The van der Waals surface area contributed by atoms with Crippen molar-refractivity contribution in [3.8, 4) is 0 Å². The van der Waals surface area contributed by atoms with E-state index in [0.717, 1.165) is 82.7 Å². The fourth-order valence-electron chi connectivity index (χ4n) is 8.80. The summed E-state index contributed by atoms with van der Waals surface area (Å²) in [5.74, 6) is 3.78. The molecule has 0 unspecified atom stereocenters. The normalized spacial score (nSPS) is 44.5. The summed E-state index contributed by atoms with van der Waals surface area (Å²) in [5.41, 5.74) is -0.187. The van der Waals surface area contributed by atoms with Crippen LogP contribution in [0.4, 0.5) is 0 Å². The molecule has 30 heavy (non-hydrogen) atoms. The molecule has 2 saturated heterocycles. The predicted octanol–water partition coefficient (Wildman–Crippen LogP) is 3.08. The standard InChI is InChI=1S/C24H37N3O2.ClH/c28-21(23-12-17-9-18(13-23)11-19(10-17)14-23)26-5-7-27(8-6-26)22(29)24-4-2-1-3-20(24)15-25-16-24;/h17-20,25H,1-16H2;1H/t17?,18?,19?,20-,23?,24+;/m0./s1. The SMILES string of the molecule is Cl.O=C(N1CCN(C(=O)[C@@]23CCCC[C@H]2CNC3)CC1)C12CC3CC(CC(C3)C1)C2. The Morgan fingerprint density at radius 3 is 1.97 bits per heavy atom. The van der Waals surface area contributed by atoms with Gasteiger partial charge in [0.15, 0.2) is 0 Å². The van der Waals surface area contributed by atoms with Crippen LogP contribution in [-0.4, -0.2) is 60.9 Å². The quantitative estimate of drug-likeness (QED) is 0.725. The lowest BCUT2D eigenvalue weighted by Gasteiger charge is -2.57. The molecular weight excluding hydrogens is 398 g/mol. The summed E-state index contributed by atoms with van der Waals surface area (Å²) in [7, 11) is 0. The largest absolute Gasteiger partial charge is 0.339 e. The van der Waals surface area contributed by atoms with Crippen LogP contribution in [0.1, 0.15) is 64.2 Å². The van der Waals surface area contributed by atoms with Crippen molar-refractivity contribution in [1.82, 2.24) is 15.1 Å². The van der Waals surface area contributed by atoms with E-state index >= 15 is 0 Å². The summed E-state index contributed by atoms with van der Waals surface area (Å²) in [6.45, 7) is 4.86. The molecule has 2 heterocycles. The van der Waals surface area contributed by atoms with Gasteiger partial charge in [-0.3, -0.25) is 9.59 Å². The van der Waals surface area contributed by atoms with E-state index in [1.165, 1.54) is 38.5 Å². The minimum Gasteiger partial charge on any atom is -0.339 e. The Balaban J connectivity index is 0.00000193. The molecule has 4 bridgehead atoms. The second-order valence-corrected chi connectivity index (χ2v) is 11.5. The Kier molecular flexibility index (Phi) is 5.37. The topological polar surface area (TPSA) is 52.7 Å². The number of fused-ring (bicyclic) bond motifs is 1. The number of nitrogens with zero attached hydrogens (tertiary/aromatic N) is 2. The average molecular weight is 436 g/mol. The highest BCUT2D eigenvalue weighted by atomic mass is 35.5. The highest BCUT2D eigenvalue weighted by Crippen LogP contribution is 2.60. The van der Waals surface area contributed by atoms with Crippen molar-refractivity contribution in [2.75, 3.05) is 39.3 Å². The molecule has 0 aromatic rings. The van der Waals surface area contributed by atoms with E-state index in [1.54, 1.807) is 0 Å². The van der Waals surface area contributed by atoms with Crippen LogP contribution in [0.15, 0.2) is 0 Å². The second-order valence-electron chi connectivity index (χ2n) is 11.5. The number of hydrogen-bond acceptors (Lipinski definition) is 3. The number of rotatable bonds is 2. The first-order chi connectivity index (χ1) is 14.1. The zero-order chi connectivity index (χ0) is 19.6. The van der Waals surface area contributed by atoms with E-state index in [0.29, 0.717) is 17.7 Å². The lowest BCUT2D eigenvalue weighted by atomic mass is 9.49. The van der Waals surface area contributed by atoms with Crippen LogP contribution < -0.4 is 5.32 Å². The molecule has 7 aliphatic rings. The molecule has 6 heteroatoms. The molecule has 7 rings (SSSR count). The van der Waals surface area contributed by atoms with Gasteiger partial charge in [-0.05, 0) is 81.6 Å². The molecule has 0 aromatic heterocycles. The highest BCUT2D eigenvalue weighted by molar-refractivity contribution is 5.86. The third-order valence-electron chi connectivity index (χ3n) is 9.81. The van der Waals surface area contributed by atoms with Crippen LogP contribution in [0.2, 0.25) is 0 Å².